The van der Waals surface area contributed by atoms with E-state index in [9.17, 15) is 4.79 Å². The Kier molecular flexibility index (Phi) is 2.98. The zero-order valence-electron chi connectivity index (χ0n) is 11.8. The van der Waals surface area contributed by atoms with E-state index in [0.717, 1.165) is 17.7 Å². The monoisotopic (exact) mass is 246 g/mol. The van der Waals surface area contributed by atoms with Crippen LogP contribution in [0, 0.1) is 13.8 Å². The molecule has 1 aliphatic rings. The van der Waals surface area contributed by atoms with E-state index >= 15 is 0 Å². The molecule has 1 atom stereocenters. The summed E-state index contributed by atoms with van der Waals surface area (Å²) < 4.78 is 0. The Morgan fingerprint density at radius 2 is 1.94 bits per heavy atom. The molecule has 1 heterocycles. The third kappa shape index (κ3) is 1.83. The first-order valence-electron chi connectivity index (χ1n) is 6.45. The number of benzene rings is 1. The molecule has 0 fully saturated rings. The van der Waals surface area contributed by atoms with Crippen LogP contribution in [0.1, 0.15) is 43.0 Å². The van der Waals surface area contributed by atoms with E-state index in [1.54, 1.807) is 0 Å². The van der Waals surface area contributed by atoms with Gasteiger partial charge in [0, 0.05) is 11.7 Å². The van der Waals surface area contributed by atoms with E-state index in [1.807, 2.05) is 20.8 Å². The number of anilines is 1. The largest absolute Gasteiger partial charge is 0.328 e. The van der Waals surface area contributed by atoms with E-state index in [2.05, 4.69) is 25.2 Å². The van der Waals surface area contributed by atoms with Crippen LogP contribution in [-0.4, -0.2) is 11.9 Å². The molecule has 3 N–H and O–H groups in total. The van der Waals surface area contributed by atoms with Crippen LogP contribution in [0.25, 0.3) is 0 Å². The highest BCUT2D eigenvalue weighted by Gasteiger charge is 2.39. The van der Waals surface area contributed by atoms with Crippen LogP contribution in [0.3, 0.4) is 0 Å². The molecule has 0 saturated carbocycles. The number of amides is 1. The number of rotatable bonds is 2. The lowest BCUT2D eigenvalue weighted by molar-refractivity contribution is -0.119. The Balaban J connectivity index is 2.61. The number of nitrogens with two attached hydrogens (primary N) is 1. The average molecular weight is 246 g/mol. The van der Waals surface area contributed by atoms with Gasteiger partial charge in [0.05, 0.1) is 5.41 Å². The van der Waals surface area contributed by atoms with Gasteiger partial charge in [-0.3, -0.25) is 4.79 Å². The van der Waals surface area contributed by atoms with Gasteiger partial charge in [0.15, 0.2) is 0 Å². The minimum absolute atomic E-state index is 0.0814. The van der Waals surface area contributed by atoms with Gasteiger partial charge in [-0.1, -0.05) is 6.07 Å². The van der Waals surface area contributed by atoms with Crippen LogP contribution >= 0.6 is 0 Å². The quantitative estimate of drug-likeness (QED) is 0.842. The van der Waals surface area contributed by atoms with E-state index in [0.29, 0.717) is 0 Å². The minimum atomic E-state index is -0.444. The summed E-state index contributed by atoms with van der Waals surface area (Å²) in [4.78, 5) is 12.0. The molecule has 3 nitrogen and oxygen atoms in total. The van der Waals surface area contributed by atoms with E-state index in [-0.39, 0.29) is 11.9 Å². The number of carbonyl (C=O) groups excluding carboxylic acids is 1. The van der Waals surface area contributed by atoms with Gasteiger partial charge in [0.2, 0.25) is 5.91 Å². The Hall–Kier alpha value is -1.35. The van der Waals surface area contributed by atoms with Crippen molar-refractivity contribution >= 4 is 11.6 Å². The molecule has 2 rings (SSSR count). The first-order valence-corrected chi connectivity index (χ1v) is 6.45. The molecule has 0 saturated heterocycles. The van der Waals surface area contributed by atoms with Crippen LogP contribution in [0.15, 0.2) is 6.07 Å². The number of fused-ring (bicyclic) bond motifs is 1. The summed E-state index contributed by atoms with van der Waals surface area (Å²) in [6, 6.07) is 2.29. The zero-order chi connectivity index (χ0) is 13.7. The SMILES string of the molecule is Cc1c(CC(C)N)cc2c(c1C)NC(=O)C2(C)C. The fraction of sp³-hybridized carbons (Fsp3) is 0.533. The molecule has 18 heavy (non-hydrogen) atoms. The maximum absolute atomic E-state index is 12.0. The number of carbonyl (C=O) groups is 1. The summed E-state index contributed by atoms with van der Waals surface area (Å²) in [5.41, 5.74) is 11.2. The Labute approximate surface area is 109 Å². The molecule has 1 aliphatic heterocycles. The van der Waals surface area contributed by atoms with Crippen LogP contribution in [-0.2, 0) is 16.6 Å². The molecule has 1 aromatic rings. The molecule has 0 spiro atoms. The molecule has 1 amide bonds. The van der Waals surface area contributed by atoms with Gasteiger partial charge in [0.1, 0.15) is 0 Å². The molecule has 0 aromatic heterocycles. The van der Waals surface area contributed by atoms with Crippen LogP contribution in [0.2, 0.25) is 0 Å². The number of hydrogen-bond acceptors (Lipinski definition) is 2. The van der Waals surface area contributed by atoms with E-state index in [1.165, 1.54) is 16.7 Å². The lowest BCUT2D eigenvalue weighted by Crippen LogP contribution is -2.27. The first kappa shape index (κ1) is 13.1. The predicted molar refractivity (Wildman–Crippen MR) is 74.9 cm³/mol. The van der Waals surface area contributed by atoms with Gasteiger partial charge < -0.3 is 11.1 Å². The average Bonchev–Trinajstić information content (AvgIpc) is 2.48. The van der Waals surface area contributed by atoms with Crippen LogP contribution in [0.5, 0.6) is 0 Å². The van der Waals surface area contributed by atoms with Crippen molar-refractivity contribution in [2.45, 2.75) is 52.5 Å². The Morgan fingerprint density at radius 1 is 1.33 bits per heavy atom. The summed E-state index contributed by atoms with van der Waals surface area (Å²) >= 11 is 0. The van der Waals surface area contributed by atoms with Gasteiger partial charge in [-0.05, 0) is 63.3 Å². The number of hydrogen-bond donors (Lipinski definition) is 2. The molecule has 1 aromatic carbocycles. The van der Waals surface area contributed by atoms with Crippen LogP contribution in [0.4, 0.5) is 5.69 Å². The van der Waals surface area contributed by atoms with Crippen LogP contribution < -0.4 is 11.1 Å². The summed E-state index contributed by atoms with van der Waals surface area (Å²) in [6.07, 6.45) is 0.851. The predicted octanol–water partition coefficient (Wildman–Crippen LogP) is 2.42. The molecule has 0 radical (unpaired) electrons. The van der Waals surface area contributed by atoms with Gasteiger partial charge in [0.25, 0.3) is 0 Å². The summed E-state index contributed by atoms with van der Waals surface area (Å²) in [6.45, 7) is 10.1. The molecular formula is C15H22N2O. The Morgan fingerprint density at radius 3 is 2.50 bits per heavy atom. The second-order valence-corrected chi connectivity index (χ2v) is 5.97. The highest BCUT2D eigenvalue weighted by molar-refractivity contribution is 6.06. The second-order valence-electron chi connectivity index (χ2n) is 5.97. The fourth-order valence-corrected chi connectivity index (χ4v) is 2.59. The van der Waals surface area contributed by atoms with Crippen molar-refractivity contribution in [2.24, 2.45) is 5.73 Å². The lowest BCUT2D eigenvalue weighted by Gasteiger charge is -2.19. The topological polar surface area (TPSA) is 55.1 Å². The minimum Gasteiger partial charge on any atom is -0.328 e. The maximum Gasteiger partial charge on any atom is 0.234 e. The van der Waals surface area contributed by atoms with E-state index < -0.39 is 5.41 Å². The molecule has 1 unspecified atom stereocenters. The van der Waals surface area contributed by atoms with Crippen molar-refractivity contribution < 1.29 is 4.79 Å². The van der Waals surface area contributed by atoms with E-state index in [4.69, 9.17) is 5.73 Å². The molecular weight excluding hydrogens is 224 g/mol. The normalized spacial score (nSPS) is 18.4. The summed E-state index contributed by atoms with van der Waals surface area (Å²) in [5.74, 6) is 0.0814. The fourth-order valence-electron chi connectivity index (χ4n) is 2.59. The first-order chi connectivity index (χ1) is 8.25. The maximum atomic E-state index is 12.0. The van der Waals surface area contributed by atoms with Crippen molar-refractivity contribution in [1.82, 2.24) is 0 Å². The highest BCUT2D eigenvalue weighted by atomic mass is 16.2. The van der Waals surface area contributed by atoms with Gasteiger partial charge in [-0.25, -0.2) is 0 Å². The Bertz CT molecular complexity index is 516. The molecule has 3 heteroatoms. The van der Waals surface area contributed by atoms with Crippen molar-refractivity contribution in [3.8, 4) is 0 Å². The standard InChI is InChI=1S/C15H22N2O/c1-8(16)6-11-7-12-13(10(3)9(11)2)17-14(18)15(12,4)5/h7-8H,6,16H2,1-5H3,(H,17,18). The van der Waals surface area contributed by atoms with Crippen molar-refractivity contribution in [3.05, 3.63) is 28.3 Å². The smallest absolute Gasteiger partial charge is 0.234 e. The molecule has 0 bridgehead atoms. The van der Waals surface area contributed by atoms with Gasteiger partial charge >= 0.3 is 0 Å². The van der Waals surface area contributed by atoms with Crippen molar-refractivity contribution in [3.63, 3.8) is 0 Å². The second kappa shape index (κ2) is 4.09. The van der Waals surface area contributed by atoms with Gasteiger partial charge in [-0.2, -0.15) is 0 Å². The van der Waals surface area contributed by atoms with Crippen molar-refractivity contribution in [2.75, 3.05) is 5.32 Å². The molecule has 98 valence electrons. The number of nitrogens with one attached hydrogen (secondary N) is 1. The summed E-state index contributed by atoms with van der Waals surface area (Å²) in [7, 11) is 0. The summed E-state index contributed by atoms with van der Waals surface area (Å²) in [5, 5.41) is 3.01. The third-order valence-electron chi connectivity index (χ3n) is 4.03. The lowest BCUT2D eigenvalue weighted by atomic mass is 9.82. The van der Waals surface area contributed by atoms with Gasteiger partial charge in [-0.15, -0.1) is 0 Å². The zero-order valence-corrected chi connectivity index (χ0v) is 11.8. The van der Waals surface area contributed by atoms with Crippen molar-refractivity contribution in [1.29, 1.82) is 0 Å². The highest BCUT2D eigenvalue weighted by Crippen LogP contribution is 2.41. The third-order valence-corrected chi connectivity index (χ3v) is 4.03. The molecule has 0 aliphatic carbocycles.